The first-order chi connectivity index (χ1) is 9.40. The Morgan fingerprint density at radius 1 is 1.20 bits per heavy atom. The summed E-state index contributed by atoms with van der Waals surface area (Å²) in [6.07, 6.45) is 0. The number of hydrogen-bond donors (Lipinski definition) is 1. The second-order valence-electron chi connectivity index (χ2n) is 5.22. The Hall–Kier alpha value is -1.68. The van der Waals surface area contributed by atoms with Crippen LogP contribution >= 0.6 is 0 Å². The smallest absolute Gasteiger partial charge is 0.130 e. The first kappa shape index (κ1) is 14.7. The molecule has 0 fully saturated rings. The molecule has 0 amide bonds. The highest BCUT2D eigenvalue weighted by Crippen LogP contribution is 2.19. The fraction of sp³-hybridized carbons (Fsp3) is 0.375. The molecule has 0 aliphatic carbocycles. The predicted octanol–water partition coefficient (Wildman–Crippen LogP) is 3.77. The van der Waals surface area contributed by atoms with Crippen LogP contribution in [0.4, 0.5) is 8.78 Å². The predicted molar refractivity (Wildman–Crippen MR) is 76.5 cm³/mol. The lowest BCUT2D eigenvalue weighted by molar-refractivity contribution is 0.517. The zero-order valence-electron chi connectivity index (χ0n) is 12.3. The lowest BCUT2D eigenvalue weighted by Crippen LogP contribution is -2.19. The summed E-state index contributed by atoms with van der Waals surface area (Å²) >= 11 is 0. The lowest BCUT2D eigenvalue weighted by Gasteiger charge is -2.15. The number of aryl methyl sites for hydroxylation is 1. The summed E-state index contributed by atoms with van der Waals surface area (Å²) < 4.78 is 28.7. The minimum atomic E-state index is -0.548. The molecule has 0 aliphatic rings. The van der Waals surface area contributed by atoms with Crippen LogP contribution in [0.25, 0.3) is 0 Å². The van der Waals surface area contributed by atoms with Gasteiger partial charge in [-0.1, -0.05) is 6.07 Å². The van der Waals surface area contributed by atoms with Crippen LogP contribution in [-0.4, -0.2) is 4.57 Å². The Morgan fingerprint density at radius 2 is 1.90 bits per heavy atom. The molecule has 2 nitrogen and oxygen atoms in total. The monoisotopic (exact) mass is 278 g/mol. The molecule has 1 aromatic carbocycles. The second kappa shape index (κ2) is 5.75. The second-order valence-corrected chi connectivity index (χ2v) is 5.22. The Labute approximate surface area is 118 Å². The Balaban J connectivity index is 2.08. The van der Waals surface area contributed by atoms with Crippen molar-refractivity contribution in [1.29, 1.82) is 0 Å². The standard InChI is InChI=1S/C16H20F2N2/c1-10-7-13(12(3)20(10)4)9-19-11(2)15-6-5-14(17)8-16(15)18/h5-8,11,19H,9H2,1-4H3. The minimum absolute atomic E-state index is 0.171. The van der Waals surface area contributed by atoms with E-state index in [1.54, 1.807) is 0 Å². The van der Waals surface area contributed by atoms with Gasteiger partial charge >= 0.3 is 0 Å². The van der Waals surface area contributed by atoms with Crippen molar-refractivity contribution in [3.8, 4) is 0 Å². The summed E-state index contributed by atoms with van der Waals surface area (Å²) in [6.45, 7) is 6.65. The number of nitrogens with zero attached hydrogens (tertiary/aromatic N) is 1. The van der Waals surface area contributed by atoms with E-state index in [-0.39, 0.29) is 6.04 Å². The zero-order chi connectivity index (χ0) is 14.9. The van der Waals surface area contributed by atoms with E-state index in [4.69, 9.17) is 0 Å². The molecule has 108 valence electrons. The number of aromatic nitrogens is 1. The zero-order valence-corrected chi connectivity index (χ0v) is 12.3. The van der Waals surface area contributed by atoms with E-state index in [1.807, 2.05) is 14.0 Å². The third-order valence-corrected chi connectivity index (χ3v) is 3.91. The molecule has 2 rings (SSSR count). The van der Waals surface area contributed by atoms with Crippen LogP contribution < -0.4 is 5.32 Å². The summed E-state index contributed by atoms with van der Waals surface area (Å²) in [7, 11) is 2.03. The van der Waals surface area contributed by atoms with Crippen LogP contribution in [0.15, 0.2) is 24.3 Å². The van der Waals surface area contributed by atoms with Crippen LogP contribution in [0.3, 0.4) is 0 Å². The SMILES string of the molecule is Cc1cc(CNC(C)c2ccc(F)cc2F)c(C)n1C. The van der Waals surface area contributed by atoms with Crippen molar-refractivity contribution in [3.05, 3.63) is 58.4 Å². The van der Waals surface area contributed by atoms with Gasteiger partial charge in [0.15, 0.2) is 0 Å². The van der Waals surface area contributed by atoms with Gasteiger partial charge in [0.05, 0.1) is 0 Å². The number of hydrogen-bond acceptors (Lipinski definition) is 1. The Bertz CT molecular complexity index is 617. The van der Waals surface area contributed by atoms with Gasteiger partial charge < -0.3 is 9.88 Å². The Kier molecular flexibility index (Phi) is 4.23. The first-order valence-corrected chi connectivity index (χ1v) is 6.70. The number of rotatable bonds is 4. The molecule has 2 aromatic rings. The summed E-state index contributed by atoms with van der Waals surface area (Å²) in [6, 6.07) is 5.65. The third kappa shape index (κ3) is 2.90. The van der Waals surface area contributed by atoms with E-state index in [2.05, 4.69) is 29.8 Å². The van der Waals surface area contributed by atoms with E-state index < -0.39 is 11.6 Å². The van der Waals surface area contributed by atoms with E-state index in [1.165, 1.54) is 29.1 Å². The maximum absolute atomic E-state index is 13.7. The molecule has 20 heavy (non-hydrogen) atoms. The maximum Gasteiger partial charge on any atom is 0.130 e. The fourth-order valence-electron chi connectivity index (χ4n) is 2.34. The molecule has 0 saturated carbocycles. The van der Waals surface area contributed by atoms with Gasteiger partial charge in [0.25, 0.3) is 0 Å². The fourth-order valence-corrected chi connectivity index (χ4v) is 2.34. The molecule has 0 aliphatic heterocycles. The third-order valence-electron chi connectivity index (χ3n) is 3.91. The molecule has 4 heteroatoms. The van der Waals surface area contributed by atoms with Crippen molar-refractivity contribution in [2.24, 2.45) is 7.05 Å². The van der Waals surface area contributed by atoms with Gasteiger partial charge in [-0.3, -0.25) is 0 Å². The van der Waals surface area contributed by atoms with Crippen molar-refractivity contribution < 1.29 is 8.78 Å². The van der Waals surface area contributed by atoms with Crippen molar-refractivity contribution in [2.45, 2.75) is 33.4 Å². The summed E-state index contributed by atoms with van der Waals surface area (Å²) in [5, 5.41) is 3.28. The summed E-state index contributed by atoms with van der Waals surface area (Å²) in [4.78, 5) is 0. The Morgan fingerprint density at radius 3 is 2.45 bits per heavy atom. The lowest BCUT2D eigenvalue weighted by atomic mass is 10.1. The van der Waals surface area contributed by atoms with Gasteiger partial charge in [0.2, 0.25) is 0 Å². The molecule has 0 radical (unpaired) electrons. The average Bonchev–Trinajstić information content (AvgIpc) is 2.63. The van der Waals surface area contributed by atoms with Gasteiger partial charge in [0, 0.05) is 42.7 Å². The number of nitrogens with one attached hydrogen (secondary N) is 1. The molecule has 0 bridgehead atoms. The van der Waals surface area contributed by atoms with Gasteiger partial charge in [0.1, 0.15) is 11.6 Å². The van der Waals surface area contributed by atoms with Crippen LogP contribution in [-0.2, 0) is 13.6 Å². The molecule has 1 heterocycles. The van der Waals surface area contributed by atoms with Gasteiger partial charge in [-0.2, -0.15) is 0 Å². The molecule has 1 aromatic heterocycles. The molecule has 0 spiro atoms. The topological polar surface area (TPSA) is 17.0 Å². The van der Waals surface area contributed by atoms with Gasteiger partial charge in [-0.15, -0.1) is 0 Å². The average molecular weight is 278 g/mol. The molecule has 1 N–H and O–H groups in total. The van der Waals surface area contributed by atoms with Crippen LogP contribution in [0.2, 0.25) is 0 Å². The van der Waals surface area contributed by atoms with Crippen molar-refractivity contribution in [3.63, 3.8) is 0 Å². The largest absolute Gasteiger partial charge is 0.352 e. The molecular formula is C16H20F2N2. The summed E-state index contributed by atoms with van der Waals surface area (Å²) in [5.74, 6) is -1.06. The number of benzene rings is 1. The first-order valence-electron chi connectivity index (χ1n) is 6.70. The maximum atomic E-state index is 13.7. The molecular weight excluding hydrogens is 258 g/mol. The van der Waals surface area contributed by atoms with Crippen molar-refractivity contribution in [2.75, 3.05) is 0 Å². The number of halogens is 2. The van der Waals surface area contributed by atoms with Crippen LogP contribution in [0, 0.1) is 25.5 Å². The molecule has 1 unspecified atom stereocenters. The highest BCUT2D eigenvalue weighted by atomic mass is 19.1. The van der Waals surface area contributed by atoms with Crippen LogP contribution in [0.5, 0.6) is 0 Å². The van der Waals surface area contributed by atoms with E-state index in [0.717, 1.165) is 6.07 Å². The van der Waals surface area contributed by atoms with Crippen LogP contribution in [0.1, 0.15) is 35.5 Å². The normalized spacial score (nSPS) is 12.7. The van der Waals surface area contributed by atoms with Crippen molar-refractivity contribution >= 4 is 0 Å². The van der Waals surface area contributed by atoms with E-state index >= 15 is 0 Å². The van der Waals surface area contributed by atoms with Gasteiger partial charge in [-0.05, 0) is 38.5 Å². The van der Waals surface area contributed by atoms with Gasteiger partial charge in [-0.25, -0.2) is 8.78 Å². The highest BCUT2D eigenvalue weighted by Gasteiger charge is 2.13. The van der Waals surface area contributed by atoms with E-state index in [9.17, 15) is 8.78 Å². The highest BCUT2D eigenvalue weighted by molar-refractivity contribution is 5.27. The molecule has 0 saturated heterocycles. The van der Waals surface area contributed by atoms with Crippen molar-refractivity contribution in [1.82, 2.24) is 9.88 Å². The molecule has 1 atom stereocenters. The quantitative estimate of drug-likeness (QED) is 0.900. The minimum Gasteiger partial charge on any atom is -0.352 e. The summed E-state index contributed by atoms with van der Waals surface area (Å²) in [5.41, 5.74) is 4.07. The van der Waals surface area contributed by atoms with E-state index in [0.29, 0.717) is 12.1 Å².